The van der Waals surface area contributed by atoms with Gasteiger partial charge in [0, 0.05) is 10.9 Å². The fraction of sp³-hybridized carbons (Fsp3) is 0.222. The summed E-state index contributed by atoms with van der Waals surface area (Å²) in [5.74, 6) is 0.860. The molecule has 2 N–H and O–H groups in total. The lowest BCUT2D eigenvalue weighted by Gasteiger charge is -1.88. The Kier molecular flexibility index (Phi) is 2.06. The molecule has 3 nitrogen and oxygen atoms in total. The fourth-order valence-electron chi connectivity index (χ4n) is 1.18. The van der Waals surface area contributed by atoms with Crippen molar-refractivity contribution in [1.82, 2.24) is 9.97 Å². The van der Waals surface area contributed by atoms with Crippen LogP contribution in [0.3, 0.4) is 0 Å². The van der Waals surface area contributed by atoms with Crippen LogP contribution in [0.5, 0.6) is 5.88 Å². The van der Waals surface area contributed by atoms with Gasteiger partial charge in [-0.15, -0.1) is 0 Å². The number of rotatable bonds is 2. The lowest BCUT2D eigenvalue weighted by atomic mass is 10.3. The van der Waals surface area contributed by atoms with Gasteiger partial charge in [0.1, 0.15) is 5.82 Å². The van der Waals surface area contributed by atoms with Gasteiger partial charge in [0.05, 0.1) is 5.69 Å². The van der Waals surface area contributed by atoms with Gasteiger partial charge in [0.25, 0.3) is 0 Å². The van der Waals surface area contributed by atoms with Crippen molar-refractivity contribution in [1.29, 1.82) is 0 Å². The van der Waals surface area contributed by atoms with Crippen LogP contribution >= 0.6 is 11.3 Å². The minimum absolute atomic E-state index is 0.115. The molecular formula is C9H10N2OS. The zero-order chi connectivity index (χ0) is 9.26. The third-order valence-corrected chi connectivity index (χ3v) is 2.59. The highest BCUT2D eigenvalue weighted by molar-refractivity contribution is 7.08. The molecule has 2 aromatic heterocycles. The number of aromatic amines is 1. The Morgan fingerprint density at radius 1 is 1.62 bits per heavy atom. The molecule has 0 atom stereocenters. The second kappa shape index (κ2) is 3.22. The van der Waals surface area contributed by atoms with Crippen LogP contribution in [0.25, 0.3) is 11.4 Å². The molecule has 0 spiro atoms. The van der Waals surface area contributed by atoms with Crippen LogP contribution in [-0.4, -0.2) is 15.1 Å². The van der Waals surface area contributed by atoms with Gasteiger partial charge in [-0.1, -0.05) is 6.92 Å². The molecule has 2 aromatic rings. The number of aromatic nitrogens is 2. The number of aryl methyl sites for hydroxylation is 1. The van der Waals surface area contributed by atoms with Crippen LogP contribution in [0.4, 0.5) is 0 Å². The van der Waals surface area contributed by atoms with Crippen LogP contribution in [-0.2, 0) is 6.42 Å². The highest BCUT2D eigenvalue weighted by Gasteiger charge is 2.08. The Morgan fingerprint density at radius 2 is 2.46 bits per heavy atom. The van der Waals surface area contributed by atoms with E-state index in [4.69, 9.17) is 0 Å². The van der Waals surface area contributed by atoms with Gasteiger partial charge in [-0.2, -0.15) is 16.3 Å². The molecule has 0 saturated carbocycles. The lowest BCUT2D eigenvalue weighted by molar-refractivity contribution is 0.450. The summed E-state index contributed by atoms with van der Waals surface area (Å²) in [4.78, 5) is 7.11. The van der Waals surface area contributed by atoms with Crippen LogP contribution in [0.15, 0.2) is 16.8 Å². The Balaban J connectivity index is 2.43. The molecule has 4 heteroatoms. The number of nitrogens with one attached hydrogen (secondary N) is 1. The summed E-state index contributed by atoms with van der Waals surface area (Å²) >= 11 is 1.62. The van der Waals surface area contributed by atoms with Gasteiger partial charge >= 0.3 is 0 Å². The monoisotopic (exact) mass is 194 g/mol. The zero-order valence-corrected chi connectivity index (χ0v) is 8.06. The van der Waals surface area contributed by atoms with Crippen LogP contribution in [0.2, 0.25) is 0 Å². The van der Waals surface area contributed by atoms with Crippen molar-refractivity contribution >= 4 is 11.3 Å². The van der Waals surface area contributed by atoms with Crippen molar-refractivity contribution in [2.24, 2.45) is 0 Å². The molecule has 0 aliphatic carbocycles. The number of imidazole rings is 1. The van der Waals surface area contributed by atoms with Gasteiger partial charge < -0.3 is 10.1 Å². The SMILES string of the molecule is CCc1[nH]c(-c2ccsc2)nc1O. The first-order valence-electron chi connectivity index (χ1n) is 4.11. The topological polar surface area (TPSA) is 48.9 Å². The number of nitrogens with zero attached hydrogens (tertiary/aromatic N) is 1. The van der Waals surface area contributed by atoms with Gasteiger partial charge in [-0.05, 0) is 17.9 Å². The second-order valence-electron chi connectivity index (χ2n) is 2.75. The van der Waals surface area contributed by atoms with E-state index in [1.165, 1.54) is 0 Å². The second-order valence-corrected chi connectivity index (χ2v) is 3.53. The zero-order valence-electron chi connectivity index (χ0n) is 7.24. The number of aromatic hydroxyl groups is 1. The van der Waals surface area contributed by atoms with Gasteiger partial charge in [-0.3, -0.25) is 0 Å². The third-order valence-electron chi connectivity index (χ3n) is 1.91. The first-order chi connectivity index (χ1) is 6.31. The summed E-state index contributed by atoms with van der Waals surface area (Å²) in [6.07, 6.45) is 0.767. The molecule has 2 heterocycles. The maximum atomic E-state index is 9.39. The Bertz CT molecular complexity index is 392. The molecule has 0 radical (unpaired) electrons. The molecule has 13 heavy (non-hydrogen) atoms. The predicted molar refractivity (Wildman–Crippen MR) is 52.9 cm³/mol. The smallest absolute Gasteiger partial charge is 0.232 e. The van der Waals surface area contributed by atoms with Gasteiger partial charge in [-0.25, -0.2) is 0 Å². The fourth-order valence-corrected chi connectivity index (χ4v) is 1.82. The Hall–Kier alpha value is -1.29. The summed E-state index contributed by atoms with van der Waals surface area (Å²) in [5, 5.41) is 13.4. The molecule has 0 saturated heterocycles. The Morgan fingerprint density at radius 3 is 3.00 bits per heavy atom. The maximum absolute atomic E-state index is 9.39. The van der Waals surface area contributed by atoms with E-state index in [2.05, 4.69) is 9.97 Å². The van der Waals surface area contributed by atoms with Gasteiger partial charge in [0.2, 0.25) is 5.88 Å². The maximum Gasteiger partial charge on any atom is 0.232 e. The summed E-state index contributed by atoms with van der Waals surface area (Å²) in [7, 11) is 0. The average Bonchev–Trinajstić information content (AvgIpc) is 2.71. The molecule has 0 amide bonds. The van der Waals surface area contributed by atoms with E-state index in [9.17, 15) is 5.11 Å². The molecule has 0 bridgehead atoms. The Labute approximate surface area is 80.1 Å². The third kappa shape index (κ3) is 1.45. The number of hydrogen-bond donors (Lipinski definition) is 2. The van der Waals surface area contributed by atoms with E-state index in [-0.39, 0.29) is 5.88 Å². The number of hydrogen-bond acceptors (Lipinski definition) is 3. The normalized spacial score (nSPS) is 10.5. The minimum atomic E-state index is 0.115. The molecule has 0 aromatic carbocycles. The molecule has 0 aliphatic rings. The first-order valence-corrected chi connectivity index (χ1v) is 5.06. The van der Waals surface area contributed by atoms with Crippen molar-refractivity contribution in [2.45, 2.75) is 13.3 Å². The van der Waals surface area contributed by atoms with E-state index in [0.29, 0.717) is 0 Å². The van der Waals surface area contributed by atoms with Crippen LogP contribution < -0.4 is 0 Å². The van der Waals surface area contributed by atoms with E-state index < -0.39 is 0 Å². The first kappa shape index (κ1) is 8.31. The number of H-pyrrole nitrogens is 1. The van der Waals surface area contributed by atoms with E-state index >= 15 is 0 Å². The van der Waals surface area contributed by atoms with E-state index in [0.717, 1.165) is 23.5 Å². The number of thiophene rings is 1. The highest BCUT2D eigenvalue weighted by atomic mass is 32.1. The highest BCUT2D eigenvalue weighted by Crippen LogP contribution is 2.23. The molecule has 0 fully saturated rings. The predicted octanol–water partition coefficient (Wildman–Crippen LogP) is 2.41. The van der Waals surface area contributed by atoms with Crippen molar-refractivity contribution in [2.75, 3.05) is 0 Å². The lowest BCUT2D eigenvalue weighted by Crippen LogP contribution is -1.79. The molecule has 68 valence electrons. The van der Waals surface area contributed by atoms with Crippen LogP contribution in [0, 0.1) is 0 Å². The van der Waals surface area contributed by atoms with E-state index in [1.807, 2.05) is 23.8 Å². The molecule has 0 aliphatic heterocycles. The molecular weight excluding hydrogens is 184 g/mol. The van der Waals surface area contributed by atoms with Crippen molar-refractivity contribution in [3.05, 3.63) is 22.5 Å². The van der Waals surface area contributed by atoms with Crippen molar-refractivity contribution in [3.63, 3.8) is 0 Å². The van der Waals surface area contributed by atoms with Crippen molar-refractivity contribution < 1.29 is 5.11 Å². The van der Waals surface area contributed by atoms with Crippen molar-refractivity contribution in [3.8, 4) is 17.3 Å². The minimum Gasteiger partial charge on any atom is -0.492 e. The van der Waals surface area contributed by atoms with Gasteiger partial charge in [0.15, 0.2) is 0 Å². The summed E-state index contributed by atoms with van der Waals surface area (Å²) in [6, 6.07) is 1.97. The molecule has 2 rings (SSSR count). The van der Waals surface area contributed by atoms with E-state index in [1.54, 1.807) is 11.3 Å². The average molecular weight is 194 g/mol. The quantitative estimate of drug-likeness (QED) is 0.771. The molecule has 0 unspecified atom stereocenters. The standard InChI is InChI=1S/C9H10N2OS/c1-2-7-9(12)11-8(10-7)6-3-4-13-5-6/h3-5,12H,2H2,1H3,(H,10,11). The largest absolute Gasteiger partial charge is 0.492 e. The summed E-state index contributed by atoms with van der Waals surface area (Å²) in [6.45, 7) is 1.98. The summed E-state index contributed by atoms with van der Waals surface area (Å²) in [5.41, 5.74) is 1.82. The summed E-state index contributed by atoms with van der Waals surface area (Å²) < 4.78 is 0. The van der Waals surface area contributed by atoms with Crippen LogP contribution in [0.1, 0.15) is 12.6 Å².